The molecule has 0 atom stereocenters. The summed E-state index contributed by atoms with van der Waals surface area (Å²) in [4.78, 5) is 19.7. The van der Waals surface area contributed by atoms with E-state index in [1.807, 2.05) is 18.2 Å². The minimum absolute atomic E-state index is 0.0140. The molecule has 128 valence electrons. The summed E-state index contributed by atoms with van der Waals surface area (Å²) in [5.41, 5.74) is 5.21. The molecule has 0 aromatic heterocycles. The Morgan fingerprint density at radius 3 is 2.76 bits per heavy atom. The molecule has 0 spiro atoms. The number of nitrogens with zero attached hydrogens (tertiary/aromatic N) is 1. The number of aryl methyl sites for hydroxylation is 1. The standard InChI is InChI=1S/C21H22N2OS/c1-3-4-17-16-11-13(2)5-9-19(16)25-20-10-6-14(12-18(20)23-17)21(24)22-15-7-8-15/h5-6,9-12,15H,3-4,7-8H2,1-2H3,(H,22,24). The highest BCUT2D eigenvalue weighted by Gasteiger charge is 2.24. The van der Waals surface area contributed by atoms with Gasteiger partial charge in [-0.2, -0.15) is 0 Å². The monoisotopic (exact) mass is 350 g/mol. The molecule has 3 nitrogen and oxygen atoms in total. The molecular formula is C21H22N2OS. The van der Waals surface area contributed by atoms with Crippen LogP contribution in [-0.4, -0.2) is 17.7 Å². The topological polar surface area (TPSA) is 41.5 Å². The third-order valence-corrected chi connectivity index (χ3v) is 5.68. The van der Waals surface area contributed by atoms with Crippen LogP contribution < -0.4 is 5.32 Å². The lowest BCUT2D eigenvalue weighted by Crippen LogP contribution is -2.25. The minimum atomic E-state index is 0.0140. The molecule has 2 aromatic rings. The molecule has 25 heavy (non-hydrogen) atoms. The average Bonchev–Trinajstić information content (AvgIpc) is 3.41. The average molecular weight is 350 g/mol. The summed E-state index contributed by atoms with van der Waals surface area (Å²) in [6.07, 6.45) is 4.18. The lowest BCUT2D eigenvalue weighted by atomic mass is 10.0. The highest BCUT2D eigenvalue weighted by molar-refractivity contribution is 7.99. The van der Waals surface area contributed by atoms with Crippen LogP contribution in [0.2, 0.25) is 0 Å². The molecule has 0 radical (unpaired) electrons. The van der Waals surface area contributed by atoms with Crippen LogP contribution in [0.4, 0.5) is 5.69 Å². The molecule has 4 heteroatoms. The molecule has 0 bridgehead atoms. The first-order valence-electron chi connectivity index (χ1n) is 8.95. The van der Waals surface area contributed by atoms with Crippen molar-refractivity contribution in [1.82, 2.24) is 5.32 Å². The predicted molar refractivity (Wildman–Crippen MR) is 103 cm³/mol. The number of fused-ring (bicyclic) bond motifs is 2. The molecule has 1 N–H and O–H groups in total. The second-order valence-electron chi connectivity index (χ2n) is 6.84. The Morgan fingerprint density at radius 1 is 1.20 bits per heavy atom. The van der Waals surface area contributed by atoms with Crippen LogP contribution in [-0.2, 0) is 0 Å². The van der Waals surface area contributed by atoms with E-state index in [1.165, 1.54) is 16.0 Å². The zero-order valence-electron chi connectivity index (χ0n) is 14.6. The first-order valence-corrected chi connectivity index (χ1v) is 9.77. The molecular weight excluding hydrogens is 328 g/mol. The molecule has 1 amide bonds. The maximum atomic E-state index is 12.4. The molecule has 1 aliphatic carbocycles. The Kier molecular flexibility index (Phi) is 4.38. The molecule has 4 rings (SSSR count). The van der Waals surface area contributed by atoms with Crippen molar-refractivity contribution in [2.24, 2.45) is 4.99 Å². The van der Waals surface area contributed by atoms with E-state index in [2.05, 4.69) is 37.4 Å². The summed E-state index contributed by atoms with van der Waals surface area (Å²) >= 11 is 1.74. The van der Waals surface area contributed by atoms with Gasteiger partial charge in [-0.25, -0.2) is 0 Å². The van der Waals surface area contributed by atoms with Gasteiger partial charge in [-0.15, -0.1) is 0 Å². The van der Waals surface area contributed by atoms with Crippen molar-refractivity contribution in [3.8, 4) is 0 Å². The van der Waals surface area contributed by atoms with Crippen LogP contribution in [0.25, 0.3) is 0 Å². The van der Waals surface area contributed by atoms with Gasteiger partial charge >= 0.3 is 0 Å². The molecule has 1 saturated carbocycles. The predicted octanol–water partition coefficient (Wildman–Crippen LogP) is 5.27. The van der Waals surface area contributed by atoms with Gasteiger partial charge in [0.25, 0.3) is 5.91 Å². The van der Waals surface area contributed by atoms with E-state index in [-0.39, 0.29) is 5.91 Å². The summed E-state index contributed by atoms with van der Waals surface area (Å²) in [7, 11) is 0. The number of amides is 1. The van der Waals surface area contributed by atoms with Gasteiger partial charge in [0.05, 0.1) is 5.69 Å². The van der Waals surface area contributed by atoms with Crippen molar-refractivity contribution in [2.75, 3.05) is 0 Å². The number of benzene rings is 2. The molecule has 2 aromatic carbocycles. The minimum Gasteiger partial charge on any atom is -0.349 e. The van der Waals surface area contributed by atoms with E-state index < -0.39 is 0 Å². The van der Waals surface area contributed by atoms with E-state index in [0.29, 0.717) is 11.6 Å². The van der Waals surface area contributed by atoms with Crippen LogP contribution in [0.3, 0.4) is 0 Å². The van der Waals surface area contributed by atoms with Crippen molar-refractivity contribution in [1.29, 1.82) is 0 Å². The maximum Gasteiger partial charge on any atom is 0.251 e. The van der Waals surface area contributed by atoms with Crippen LogP contribution in [0.1, 0.15) is 54.1 Å². The highest BCUT2D eigenvalue weighted by Crippen LogP contribution is 2.41. The smallest absolute Gasteiger partial charge is 0.251 e. The second-order valence-corrected chi connectivity index (χ2v) is 7.92. The Morgan fingerprint density at radius 2 is 2.00 bits per heavy atom. The van der Waals surface area contributed by atoms with E-state index in [9.17, 15) is 4.79 Å². The maximum absolute atomic E-state index is 12.4. The van der Waals surface area contributed by atoms with E-state index in [4.69, 9.17) is 4.99 Å². The van der Waals surface area contributed by atoms with Crippen molar-refractivity contribution >= 4 is 29.1 Å². The van der Waals surface area contributed by atoms with Gasteiger partial charge < -0.3 is 5.32 Å². The van der Waals surface area contributed by atoms with Crippen LogP contribution in [0.5, 0.6) is 0 Å². The van der Waals surface area contributed by atoms with Crippen molar-refractivity contribution in [3.63, 3.8) is 0 Å². The molecule has 1 heterocycles. The van der Waals surface area contributed by atoms with Gasteiger partial charge in [0.1, 0.15) is 0 Å². The first-order chi connectivity index (χ1) is 12.1. The zero-order chi connectivity index (χ0) is 17.4. The summed E-state index contributed by atoms with van der Waals surface area (Å²) in [6.45, 7) is 4.29. The SMILES string of the molecule is CCCC1=Nc2cc(C(=O)NC3CC3)ccc2Sc2ccc(C)cc21. The number of carbonyl (C=O) groups is 1. The number of hydrogen-bond acceptors (Lipinski definition) is 3. The summed E-state index contributed by atoms with van der Waals surface area (Å²) in [6, 6.07) is 12.8. The highest BCUT2D eigenvalue weighted by atomic mass is 32.2. The lowest BCUT2D eigenvalue weighted by Gasteiger charge is -2.09. The number of rotatable bonds is 4. The fraction of sp³-hybridized carbons (Fsp3) is 0.333. The first kappa shape index (κ1) is 16.4. The number of carbonyl (C=O) groups excluding carboxylic acids is 1. The second kappa shape index (κ2) is 6.68. The van der Waals surface area contributed by atoms with Crippen molar-refractivity contribution in [2.45, 2.75) is 55.4 Å². The van der Waals surface area contributed by atoms with Gasteiger partial charge in [-0.3, -0.25) is 9.79 Å². The third kappa shape index (κ3) is 3.49. The number of aliphatic imine (C=N–C) groups is 1. The van der Waals surface area contributed by atoms with Crippen molar-refractivity contribution < 1.29 is 4.79 Å². The van der Waals surface area contributed by atoms with Crippen LogP contribution >= 0.6 is 11.8 Å². The van der Waals surface area contributed by atoms with Gasteiger partial charge in [0.2, 0.25) is 0 Å². The largest absolute Gasteiger partial charge is 0.349 e. The zero-order valence-corrected chi connectivity index (χ0v) is 15.5. The van der Waals surface area contributed by atoms with Gasteiger partial charge in [0.15, 0.2) is 0 Å². The lowest BCUT2D eigenvalue weighted by molar-refractivity contribution is 0.0951. The van der Waals surface area contributed by atoms with E-state index in [0.717, 1.165) is 42.0 Å². The van der Waals surface area contributed by atoms with E-state index >= 15 is 0 Å². The Labute approximate surface area is 152 Å². The van der Waals surface area contributed by atoms with Crippen LogP contribution in [0.15, 0.2) is 51.2 Å². The molecule has 2 aliphatic rings. The van der Waals surface area contributed by atoms with Crippen molar-refractivity contribution in [3.05, 3.63) is 53.1 Å². The van der Waals surface area contributed by atoms with E-state index in [1.54, 1.807) is 11.8 Å². The fourth-order valence-corrected chi connectivity index (χ4v) is 4.04. The summed E-state index contributed by atoms with van der Waals surface area (Å²) in [5.74, 6) is 0.0140. The third-order valence-electron chi connectivity index (χ3n) is 4.54. The summed E-state index contributed by atoms with van der Waals surface area (Å²) in [5, 5.41) is 3.06. The summed E-state index contributed by atoms with van der Waals surface area (Å²) < 4.78 is 0. The Bertz CT molecular complexity index is 868. The van der Waals surface area contributed by atoms with Gasteiger partial charge in [0, 0.05) is 32.7 Å². The fourth-order valence-electron chi connectivity index (χ4n) is 3.04. The van der Waals surface area contributed by atoms with Gasteiger partial charge in [-0.05, 0) is 56.5 Å². The molecule has 0 unspecified atom stereocenters. The number of nitrogens with one attached hydrogen (secondary N) is 1. The quantitative estimate of drug-likeness (QED) is 0.816. The Balaban J connectivity index is 1.75. The normalized spacial score (nSPS) is 15.7. The number of hydrogen-bond donors (Lipinski definition) is 1. The molecule has 0 saturated heterocycles. The Hall–Kier alpha value is -2.07. The van der Waals surface area contributed by atoms with Crippen LogP contribution in [0, 0.1) is 6.92 Å². The molecule has 1 fully saturated rings. The van der Waals surface area contributed by atoms with Gasteiger partial charge in [-0.1, -0.05) is 36.7 Å². The molecule has 1 aliphatic heterocycles.